The minimum Gasteiger partial charge on any atom is -0.465 e. The van der Waals surface area contributed by atoms with Gasteiger partial charge in [-0.3, -0.25) is 4.79 Å². The first kappa shape index (κ1) is 14.5. The van der Waals surface area contributed by atoms with E-state index < -0.39 is 5.54 Å². The van der Waals surface area contributed by atoms with Crippen LogP contribution in [0.3, 0.4) is 0 Å². The van der Waals surface area contributed by atoms with Crippen molar-refractivity contribution in [3.8, 4) is 0 Å². The van der Waals surface area contributed by atoms with Crippen LogP contribution in [0.2, 0.25) is 0 Å². The lowest BCUT2D eigenvalue weighted by molar-refractivity contribution is -0.153. The zero-order valence-corrected chi connectivity index (χ0v) is 11.4. The molecule has 0 bridgehead atoms. The Morgan fingerprint density at radius 2 is 1.94 bits per heavy atom. The Bertz CT molecular complexity index is 236. The van der Waals surface area contributed by atoms with Gasteiger partial charge in [0.1, 0.15) is 5.54 Å². The number of nitrogens with zero attached hydrogens (tertiary/aromatic N) is 1. The molecule has 1 fully saturated rings. The molecule has 1 saturated heterocycles. The molecule has 4 nitrogen and oxygen atoms in total. The highest BCUT2D eigenvalue weighted by Gasteiger charge is 2.41. The molecule has 0 aromatic carbocycles. The maximum atomic E-state index is 12.1. The third-order valence-corrected chi connectivity index (χ3v) is 3.43. The number of hydrogen-bond acceptors (Lipinski definition) is 4. The molecule has 0 atom stereocenters. The normalized spacial score (nSPS) is 20.2. The standard InChI is InChI=1S/C13H26N2O2/c1-4-9-15-10-7-13(8-11-15,14-5-2)12(16)17-6-3/h14H,4-11H2,1-3H3. The predicted octanol–water partition coefficient (Wildman–Crippen LogP) is 1.40. The maximum Gasteiger partial charge on any atom is 0.326 e. The van der Waals surface area contributed by atoms with Crippen molar-refractivity contribution in [1.29, 1.82) is 0 Å². The van der Waals surface area contributed by atoms with Crippen molar-refractivity contribution in [2.45, 2.75) is 45.6 Å². The highest BCUT2D eigenvalue weighted by atomic mass is 16.5. The van der Waals surface area contributed by atoms with Crippen molar-refractivity contribution in [1.82, 2.24) is 10.2 Å². The van der Waals surface area contributed by atoms with E-state index in [4.69, 9.17) is 4.74 Å². The summed E-state index contributed by atoms with van der Waals surface area (Å²) >= 11 is 0. The third-order valence-electron chi connectivity index (χ3n) is 3.43. The van der Waals surface area contributed by atoms with Crippen LogP contribution in [0.25, 0.3) is 0 Å². The van der Waals surface area contributed by atoms with Gasteiger partial charge in [-0.25, -0.2) is 0 Å². The molecule has 4 heteroatoms. The van der Waals surface area contributed by atoms with Crippen LogP contribution in [0.1, 0.15) is 40.0 Å². The van der Waals surface area contributed by atoms with Crippen LogP contribution in [0.5, 0.6) is 0 Å². The second-order valence-corrected chi connectivity index (χ2v) is 4.67. The fourth-order valence-corrected chi connectivity index (χ4v) is 2.54. The van der Waals surface area contributed by atoms with Gasteiger partial charge in [0, 0.05) is 13.1 Å². The first-order valence-corrected chi connectivity index (χ1v) is 6.83. The molecule has 1 N–H and O–H groups in total. The average molecular weight is 242 g/mol. The molecule has 1 rings (SSSR count). The van der Waals surface area contributed by atoms with Gasteiger partial charge in [-0.1, -0.05) is 13.8 Å². The number of rotatable bonds is 6. The van der Waals surface area contributed by atoms with Gasteiger partial charge in [-0.2, -0.15) is 0 Å². The highest BCUT2D eigenvalue weighted by Crippen LogP contribution is 2.24. The van der Waals surface area contributed by atoms with Crippen molar-refractivity contribution < 1.29 is 9.53 Å². The second kappa shape index (κ2) is 6.97. The fourth-order valence-electron chi connectivity index (χ4n) is 2.54. The van der Waals surface area contributed by atoms with Gasteiger partial charge in [0.2, 0.25) is 0 Å². The van der Waals surface area contributed by atoms with E-state index in [1.54, 1.807) is 0 Å². The van der Waals surface area contributed by atoms with Crippen LogP contribution in [-0.4, -0.2) is 49.2 Å². The molecule has 0 spiro atoms. The smallest absolute Gasteiger partial charge is 0.326 e. The number of piperidine rings is 1. The fraction of sp³-hybridized carbons (Fsp3) is 0.923. The van der Waals surface area contributed by atoms with E-state index in [2.05, 4.69) is 17.1 Å². The number of likely N-dealkylation sites (N-methyl/N-ethyl adjacent to an activating group) is 1. The van der Waals surface area contributed by atoms with Crippen molar-refractivity contribution in [2.24, 2.45) is 0 Å². The molecule has 100 valence electrons. The van der Waals surface area contributed by atoms with Crippen LogP contribution < -0.4 is 5.32 Å². The molecule has 0 unspecified atom stereocenters. The summed E-state index contributed by atoms with van der Waals surface area (Å²) in [6.45, 7) is 10.5. The van der Waals surface area contributed by atoms with Crippen molar-refractivity contribution in [2.75, 3.05) is 32.8 Å². The lowest BCUT2D eigenvalue weighted by Gasteiger charge is -2.40. The highest BCUT2D eigenvalue weighted by molar-refractivity contribution is 5.81. The van der Waals surface area contributed by atoms with Gasteiger partial charge in [0.15, 0.2) is 0 Å². The van der Waals surface area contributed by atoms with E-state index in [1.807, 2.05) is 13.8 Å². The van der Waals surface area contributed by atoms with E-state index >= 15 is 0 Å². The molecule has 0 amide bonds. The molecule has 0 aromatic rings. The average Bonchev–Trinajstić information content (AvgIpc) is 2.33. The summed E-state index contributed by atoms with van der Waals surface area (Å²) < 4.78 is 5.21. The van der Waals surface area contributed by atoms with Gasteiger partial charge in [0.05, 0.1) is 6.61 Å². The van der Waals surface area contributed by atoms with Crippen LogP contribution >= 0.6 is 0 Å². The van der Waals surface area contributed by atoms with Crippen LogP contribution in [0, 0.1) is 0 Å². The van der Waals surface area contributed by atoms with Crippen molar-refractivity contribution in [3.05, 3.63) is 0 Å². The Hall–Kier alpha value is -0.610. The molecule has 0 aliphatic carbocycles. The zero-order valence-electron chi connectivity index (χ0n) is 11.4. The van der Waals surface area contributed by atoms with E-state index in [0.717, 1.165) is 39.0 Å². The van der Waals surface area contributed by atoms with E-state index in [0.29, 0.717) is 6.61 Å². The topological polar surface area (TPSA) is 41.6 Å². The van der Waals surface area contributed by atoms with E-state index in [-0.39, 0.29) is 5.97 Å². The summed E-state index contributed by atoms with van der Waals surface area (Å²) in [6.07, 6.45) is 2.90. The minimum atomic E-state index is -0.436. The van der Waals surface area contributed by atoms with Crippen LogP contribution in [-0.2, 0) is 9.53 Å². The minimum absolute atomic E-state index is 0.0713. The molecule has 0 aromatic heterocycles. The maximum absolute atomic E-state index is 12.1. The second-order valence-electron chi connectivity index (χ2n) is 4.67. The lowest BCUT2D eigenvalue weighted by Crippen LogP contribution is -2.59. The first-order chi connectivity index (χ1) is 8.18. The number of nitrogens with one attached hydrogen (secondary N) is 1. The summed E-state index contributed by atoms with van der Waals surface area (Å²) in [4.78, 5) is 14.5. The summed E-state index contributed by atoms with van der Waals surface area (Å²) in [5, 5.41) is 3.34. The number of ether oxygens (including phenoxy) is 1. The van der Waals surface area contributed by atoms with Gasteiger partial charge in [-0.05, 0) is 39.3 Å². The Morgan fingerprint density at radius 3 is 2.41 bits per heavy atom. The van der Waals surface area contributed by atoms with Crippen molar-refractivity contribution >= 4 is 5.97 Å². The quantitative estimate of drug-likeness (QED) is 0.715. The van der Waals surface area contributed by atoms with Gasteiger partial charge >= 0.3 is 5.97 Å². The molecular weight excluding hydrogens is 216 g/mol. The third kappa shape index (κ3) is 3.68. The largest absolute Gasteiger partial charge is 0.465 e. The summed E-state index contributed by atoms with van der Waals surface area (Å²) in [7, 11) is 0. The number of carbonyl (C=O) groups excluding carboxylic acids is 1. The Kier molecular flexibility index (Phi) is 5.92. The summed E-state index contributed by atoms with van der Waals surface area (Å²) in [5.41, 5.74) is -0.436. The van der Waals surface area contributed by atoms with Gasteiger partial charge < -0.3 is 15.0 Å². The SMILES string of the molecule is CCCN1CCC(NCC)(C(=O)OCC)CC1. The Morgan fingerprint density at radius 1 is 1.29 bits per heavy atom. The Labute approximate surface area is 105 Å². The van der Waals surface area contributed by atoms with E-state index in [9.17, 15) is 4.79 Å². The van der Waals surface area contributed by atoms with Crippen LogP contribution in [0.4, 0.5) is 0 Å². The van der Waals surface area contributed by atoms with E-state index in [1.165, 1.54) is 6.42 Å². The zero-order chi connectivity index (χ0) is 12.7. The molecule has 1 heterocycles. The summed E-state index contributed by atoms with van der Waals surface area (Å²) in [5.74, 6) is -0.0713. The number of likely N-dealkylation sites (tertiary alicyclic amines) is 1. The monoisotopic (exact) mass is 242 g/mol. The number of carbonyl (C=O) groups is 1. The number of esters is 1. The van der Waals surface area contributed by atoms with Crippen molar-refractivity contribution in [3.63, 3.8) is 0 Å². The molecule has 1 aliphatic heterocycles. The van der Waals surface area contributed by atoms with Gasteiger partial charge in [0.25, 0.3) is 0 Å². The number of hydrogen-bond donors (Lipinski definition) is 1. The molecule has 1 aliphatic rings. The molecule has 0 saturated carbocycles. The van der Waals surface area contributed by atoms with Gasteiger partial charge in [-0.15, -0.1) is 0 Å². The molecule has 17 heavy (non-hydrogen) atoms. The summed E-state index contributed by atoms with van der Waals surface area (Å²) in [6, 6.07) is 0. The molecular formula is C13H26N2O2. The van der Waals surface area contributed by atoms with Crippen LogP contribution in [0.15, 0.2) is 0 Å². The lowest BCUT2D eigenvalue weighted by atomic mass is 9.87. The first-order valence-electron chi connectivity index (χ1n) is 6.83. The molecule has 0 radical (unpaired) electrons. The Balaban J connectivity index is 2.59. The predicted molar refractivity (Wildman–Crippen MR) is 69.0 cm³/mol.